The molecule has 6 nitrogen and oxygen atoms in total. The maximum atomic E-state index is 12.2. The molecule has 6 heteroatoms. The summed E-state index contributed by atoms with van der Waals surface area (Å²) in [6.45, 7) is 1.20. The van der Waals surface area contributed by atoms with Crippen LogP contribution in [0.5, 0.6) is 11.5 Å². The number of likely N-dealkylation sites (N-methyl/N-ethyl adjacent to an activating group) is 1. The predicted molar refractivity (Wildman–Crippen MR) is 99.6 cm³/mol. The van der Waals surface area contributed by atoms with E-state index < -0.39 is 0 Å². The number of fused-ring (bicyclic) bond motifs is 1. The Labute approximate surface area is 158 Å². The number of benzene rings is 2. The molecule has 2 aromatic carbocycles. The average molecular weight is 369 g/mol. The summed E-state index contributed by atoms with van der Waals surface area (Å²) in [7, 11) is 1.68. The number of hydrogen-bond donors (Lipinski definition) is 0. The van der Waals surface area contributed by atoms with E-state index in [1.807, 2.05) is 48.5 Å². The summed E-state index contributed by atoms with van der Waals surface area (Å²) in [5.74, 6) is 0.774. The molecule has 1 aliphatic rings. The van der Waals surface area contributed by atoms with Gasteiger partial charge in [0, 0.05) is 20.0 Å². The van der Waals surface area contributed by atoms with Gasteiger partial charge >= 0.3 is 5.97 Å². The van der Waals surface area contributed by atoms with Gasteiger partial charge in [0.05, 0.1) is 0 Å². The predicted octanol–water partition coefficient (Wildman–Crippen LogP) is 2.59. The van der Waals surface area contributed by atoms with Gasteiger partial charge in [-0.3, -0.25) is 9.59 Å². The molecule has 0 aromatic heterocycles. The highest BCUT2D eigenvalue weighted by molar-refractivity contribution is 5.80. The van der Waals surface area contributed by atoms with Crippen LogP contribution in [0.25, 0.3) is 0 Å². The Bertz CT molecular complexity index is 790. The summed E-state index contributed by atoms with van der Waals surface area (Å²) in [6, 6.07) is 15.3. The molecular formula is C21H23NO5. The van der Waals surface area contributed by atoms with Crippen molar-refractivity contribution in [2.75, 3.05) is 26.9 Å². The minimum absolute atomic E-state index is 0.252. The zero-order chi connectivity index (χ0) is 19.1. The molecule has 0 bridgehead atoms. The molecule has 0 saturated heterocycles. The number of esters is 1. The largest absolute Gasteiger partial charge is 0.486 e. The number of carbonyl (C=O) groups excluding carboxylic acids is 2. The molecule has 142 valence electrons. The zero-order valence-corrected chi connectivity index (χ0v) is 15.3. The zero-order valence-electron chi connectivity index (χ0n) is 15.3. The second-order valence-electron chi connectivity index (χ2n) is 6.37. The quantitative estimate of drug-likeness (QED) is 0.702. The van der Waals surface area contributed by atoms with Gasteiger partial charge in [0.1, 0.15) is 13.2 Å². The van der Waals surface area contributed by atoms with Crippen LogP contribution in [0.4, 0.5) is 0 Å². The van der Waals surface area contributed by atoms with Crippen LogP contribution in [0.1, 0.15) is 17.5 Å². The Morgan fingerprint density at radius 3 is 2.52 bits per heavy atom. The van der Waals surface area contributed by atoms with Gasteiger partial charge in [0.15, 0.2) is 18.1 Å². The minimum Gasteiger partial charge on any atom is -0.486 e. The van der Waals surface area contributed by atoms with Gasteiger partial charge in [-0.05, 0) is 29.7 Å². The number of amides is 1. The molecule has 1 amide bonds. The van der Waals surface area contributed by atoms with Gasteiger partial charge in [-0.25, -0.2) is 0 Å². The first-order chi connectivity index (χ1) is 13.1. The van der Waals surface area contributed by atoms with E-state index in [2.05, 4.69) is 0 Å². The maximum Gasteiger partial charge on any atom is 0.306 e. The van der Waals surface area contributed by atoms with E-state index in [0.29, 0.717) is 37.7 Å². The van der Waals surface area contributed by atoms with E-state index >= 15 is 0 Å². The lowest BCUT2D eigenvalue weighted by Gasteiger charge is -2.21. The van der Waals surface area contributed by atoms with E-state index in [1.165, 1.54) is 4.90 Å². The number of ether oxygens (including phenoxy) is 3. The molecule has 0 unspecified atom stereocenters. The van der Waals surface area contributed by atoms with E-state index in [-0.39, 0.29) is 24.9 Å². The SMILES string of the molecule is CN(Cc1ccc2c(c1)OCCO2)C(=O)COC(=O)CCc1ccccc1. The molecule has 27 heavy (non-hydrogen) atoms. The second-order valence-corrected chi connectivity index (χ2v) is 6.37. The third kappa shape index (κ3) is 5.48. The topological polar surface area (TPSA) is 65.1 Å². The van der Waals surface area contributed by atoms with Gasteiger partial charge in [-0.1, -0.05) is 36.4 Å². The summed E-state index contributed by atoms with van der Waals surface area (Å²) >= 11 is 0. The second kappa shape index (κ2) is 9.07. The first-order valence-electron chi connectivity index (χ1n) is 8.94. The molecule has 0 radical (unpaired) electrons. The van der Waals surface area contributed by atoms with Crippen LogP contribution in [-0.4, -0.2) is 43.6 Å². The Morgan fingerprint density at radius 2 is 1.74 bits per heavy atom. The van der Waals surface area contributed by atoms with Gasteiger partial charge in [-0.15, -0.1) is 0 Å². The number of rotatable bonds is 7. The average Bonchev–Trinajstić information content (AvgIpc) is 2.71. The Hall–Kier alpha value is -3.02. The van der Waals surface area contributed by atoms with Gasteiger partial charge in [0.25, 0.3) is 5.91 Å². The first kappa shape index (κ1) is 18.8. The fourth-order valence-corrected chi connectivity index (χ4v) is 2.76. The van der Waals surface area contributed by atoms with Crippen LogP contribution >= 0.6 is 0 Å². The highest BCUT2D eigenvalue weighted by atomic mass is 16.6. The molecule has 0 spiro atoms. The van der Waals surface area contributed by atoms with E-state index in [4.69, 9.17) is 14.2 Å². The highest BCUT2D eigenvalue weighted by Crippen LogP contribution is 2.31. The Morgan fingerprint density at radius 1 is 1.00 bits per heavy atom. The molecule has 0 saturated carbocycles. The summed E-state index contributed by atoms with van der Waals surface area (Å²) in [5.41, 5.74) is 1.99. The maximum absolute atomic E-state index is 12.2. The third-order valence-electron chi connectivity index (χ3n) is 4.27. The van der Waals surface area contributed by atoms with Crippen molar-refractivity contribution < 1.29 is 23.8 Å². The van der Waals surface area contributed by atoms with Crippen molar-refractivity contribution in [2.45, 2.75) is 19.4 Å². The van der Waals surface area contributed by atoms with Crippen molar-refractivity contribution in [3.05, 3.63) is 59.7 Å². The lowest BCUT2D eigenvalue weighted by atomic mass is 10.1. The van der Waals surface area contributed by atoms with E-state index in [9.17, 15) is 9.59 Å². The molecule has 2 aromatic rings. The van der Waals surface area contributed by atoms with Crippen LogP contribution in [-0.2, 0) is 27.3 Å². The third-order valence-corrected chi connectivity index (χ3v) is 4.27. The van der Waals surface area contributed by atoms with Crippen molar-refractivity contribution in [1.29, 1.82) is 0 Å². The number of carbonyl (C=O) groups is 2. The molecule has 1 heterocycles. The van der Waals surface area contributed by atoms with Crippen molar-refractivity contribution >= 4 is 11.9 Å². The lowest BCUT2D eigenvalue weighted by molar-refractivity contribution is -0.151. The van der Waals surface area contributed by atoms with Crippen LogP contribution in [0.2, 0.25) is 0 Å². The van der Waals surface area contributed by atoms with Gasteiger partial charge in [-0.2, -0.15) is 0 Å². The number of hydrogen-bond acceptors (Lipinski definition) is 5. The Kier molecular flexibility index (Phi) is 6.30. The van der Waals surface area contributed by atoms with Crippen LogP contribution in [0.15, 0.2) is 48.5 Å². The van der Waals surface area contributed by atoms with Crippen molar-refractivity contribution in [3.8, 4) is 11.5 Å². The monoisotopic (exact) mass is 369 g/mol. The van der Waals surface area contributed by atoms with Crippen LogP contribution < -0.4 is 9.47 Å². The summed E-state index contributed by atoms with van der Waals surface area (Å²) < 4.78 is 16.1. The van der Waals surface area contributed by atoms with E-state index in [0.717, 1.165) is 11.1 Å². The minimum atomic E-state index is -0.375. The number of aryl methyl sites for hydroxylation is 1. The standard InChI is InChI=1S/C21H23NO5/c1-22(14-17-7-9-18-19(13-17)26-12-11-25-18)20(23)15-27-21(24)10-8-16-5-3-2-4-6-16/h2-7,9,13H,8,10-12,14-15H2,1H3. The summed E-state index contributed by atoms with van der Waals surface area (Å²) in [5, 5.41) is 0. The van der Waals surface area contributed by atoms with Crippen LogP contribution in [0.3, 0.4) is 0 Å². The highest BCUT2D eigenvalue weighted by Gasteiger charge is 2.15. The van der Waals surface area contributed by atoms with Gasteiger partial charge < -0.3 is 19.1 Å². The molecule has 1 aliphatic heterocycles. The molecule has 0 fully saturated rings. The number of nitrogens with zero attached hydrogens (tertiary/aromatic N) is 1. The summed E-state index contributed by atoms with van der Waals surface area (Å²) in [4.78, 5) is 25.6. The molecule has 3 rings (SSSR count). The fourth-order valence-electron chi connectivity index (χ4n) is 2.76. The van der Waals surface area contributed by atoms with Crippen molar-refractivity contribution in [1.82, 2.24) is 4.90 Å². The van der Waals surface area contributed by atoms with Crippen molar-refractivity contribution in [3.63, 3.8) is 0 Å². The molecule has 0 atom stereocenters. The fraction of sp³-hybridized carbons (Fsp3) is 0.333. The molecular weight excluding hydrogens is 346 g/mol. The van der Waals surface area contributed by atoms with Gasteiger partial charge in [0.2, 0.25) is 0 Å². The first-order valence-corrected chi connectivity index (χ1v) is 8.94. The lowest BCUT2D eigenvalue weighted by Crippen LogP contribution is -2.31. The normalized spacial score (nSPS) is 12.3. The molecule has 0 N–H and O–H groups in total. The summed E-state index contributed by atoms with van der Waals surface area (Å²) in [6.07, 6.45) is 0.851. The molecule has 0 aliphatic carbocycles. The smallest absolute Gasteiger partial charge is 0.306 e. The van der Waals surface area contributed by atoms with E-state index in [1.54, 1.807) is 7.05 Å². The Balaban J connectivity index is 1.43. The van der Waals surface area contributed by atoms with Crippen LogP contribution in [0, 0.1) is 0 Å². The van der Waals surface area contributed by atoms with Crippen molar-refractivity contribution in [2.24, 2.45) is 0 Å².